The summed E-state index contributed by atoms with van der Waals surface area (Å²) in [4.78, 5) is 25.8. The molecule has 8 heteroatoms. The van der Waals surface area contributed by atoms with Gasteiger partial charge in [-0.15, -0.1) is 0 Å². The molecule has 3 aliphatic rings. The third-order valence-electron chi connectivity index (χ3n) is 6.31. The van der Waals surface area contributed by atoms with Crippen molar-refractivity contribution in [3.63, 3.8) is 0 Å². The highest BCUT2D eigenvalue weighted by molar-refractivity contribution is 5.76. The molecule has 3 saturated heterocycles. The molecule has 1 amide bonds. The predicted octanol–water partition coefficient (Wildman–Crippen LogP) is 2.27. The van der Waals surface area contributed by atoms with Gasteiger partial charge < -0.3 is 24.6 Å². The van der Waals surface area contributed by atoms with Crippen LogP contribution in [0.5, 0.6) is 0 Å². The summed E-state index contributed by atoms with van der Waals surface area (Å²) in [7, 11) is 0. The van der Waals surface area contributed by atoms with Crippen molar-refractivity contribution in [2.75, 3.05) is 56.2 Å². The molecule has 4 heterocycles. The van der Waals surface area contributed by atoms with Crippen LogP contribution in [0.2, 0.25) is 0 Å². The number of hydrogen-bond acceptors (Lipinski definition) is 7. The van der Waals surface area contributed by atoms with Crippen LogP contribution >= 0.6 is 0 Å². The maximum Gasteiger partial charge on any atom is 0.222 e. The Morgan fingerprint density at radius 1 is 1.24 bits per heavy atom. The van der Waals surface area contributed by atoms with Crippen LogP contribution in [0.15, 0.2) is 12.4 Å². The van der Waals surface area contributed by atoms with Crippen molar-refractivity contribution in [3.8, 4) is 0 Å². The SMILES string of the molecule is CCNc1cc(N2CCCC(CCC(=O)N3CCC4(CC3)OCCO4)C2)ncn1. The molecule has 1 aromatic heterocycles. The third-order valence-corrected chi connectivity index (χ3v) is 6.31. The highest BCUT2D eigenvalue weighted by atomic mass is 16.7. The predicted molar refractivity (Wildman–Crippen MR) is 111 cm³/mol. The summed E-state index contributed by atoms with van der Waals surface area (Å²) in [6.45, 7) is 7.71. The Hall–Kier alpha value is -1.93. The molecule has 0 saturated carbocycles. The van der Waals surface area contributed by atoms with Crippen LogP contribution in [0.25, 0.3) is 0 Å². The van der Waals surface area contributed by atoms with Gasteiger partial charge in [0.25, 0.3) is 0 Å². The van der Waals surface area contributed by atoms with Gasteiger partial charge in [0.15, 0.2) is 5.79 Å². The number of nitrogens with one attached hydrogen (secondary N) is 1. The van der Waals surface area contributed by atoms with Crippen LogP contribution in [0, 0.1) is 5.92 Å². The number of piperidine rings is 2. The first kappa shape index (κ1) is 20.3. The van der Waals surface area contributed by atoms with Crippen LogP contribution in [0.3, 0.4) is 0 Å². The van der Waals surface area contributed by atoms with Gasteiger partial charge in [-0.05, 0) is 32.1 Å². The van der Waals surface area contributed by atoms with E-state index in [4.69, 9.17) is 9.47 Å². The first-order valence-electron chi connectivity index (χ1n) is 11.0. The topological polar surface area (TPSA) is 79.8 Å². The van der Waals surface area contributed by atoms with E-state index in [1.807, 2.05) is 11.0 Å². The molecule has 8 nitrogen and oxygen atoms in total. The second kappa shape index (κ2) is 9.26. The number of carbonyl (C=O) groups is 1. The Labute approximate surface area is 173 Å². The largest absolute Gasteiger partial charge is 0.370 e. The van der Waals surface area contributed by atoms with Crippen molar-refractivity contribution in [1.82, 2.24) is 14.9 Å². The van der Waals surface area contributed by atoms with Crippen molar-refractivity contribution in [2.45, 2.75) is 51.2 Å². The molecule has 0 aromatic carbocycles. The number of ether oxygens (including phenoxy) is 2. The molecule has 1 N–H and O–H groups in total. The van der Waals surface area contributed by atoms with Crippen molar-refractivity contribution in [1.29, 1.82) is 0 Å². The van der Waals surface area contributed by atoms with E-state index in [0.717, 1.165) is 70.0 Å². The number of rotatable bonds is 6. The van der Waals surface area contributed by atoms with E-state index in [0.29, 0.717) is 25.6 Å². The molecule has 160 valence electrons. The quantitative estimate of drug-likeness (QED) is 0.780. The Morgan fingerprint density at radius 2 is 2.03 bits per heavy atom. The normalized spacial score (nSPS) is 24.1. The maximum absolute atomic E-state index is 12.7. The first-order valence-corrected chi connectivity index (χ1v) is 11.0. The zero-order chi connectivity index (χ0) is 20.1. The van der Waals surface area contributed by atoms with Crippen LogP contribution in [-0.2, 0) is 14.3 Å². The second-order valence-corrected chi connectivity index (χ2v) is 8.27. The number of nitrogens with zero attached hydrogens (tertiary/aromatic N) is 4. The molecular formula is C21H33N5O3. The van der Waals surface area contributed by atoms with Gasteiger partial charge in [-0.1, -0.05) is 0 Å². The van der Waals surface area contributed by atoms with Crippen molar-refractivity contribution in [3.05, 3.63) is 12.4 Å². The van der Waals surface area contributed by atoms with E-state index in [1.54, 1.807) is 6.33 Å². The summed E-state index contributed by atoms with van der Waals surface area (Å²) in [6, 6.07) is 2.02. The molecule has 4 rings (SSSR count). The summed E-state index contributed by atoms with van der Waals surface area (Å²) in [5, 5.41) is 3.25. The Balaban J connectivity index is 1.24. The van der Waals surface area contributed by atoms with Gasteiger partial charge in [-0.25, -0.2) is 9.97 Å². The first-order chi connectivity index (χ1) is 14.2. The summed E-state index contributed by atoms with van der Waals surface area (Å²) in [5.41, 5.74) is 0. The number of aromatic nitrogens is 2. The molecule has 1 unspecified atom stereocenters. The maximum atomic E-state index is 12.7. The number of anilines is 2. The fraction of sp³-hybridized carbons (Fsp3) is 0.762. The Kier molecular flexibility index (Phi) is 6.50. The van der Waals surface area contributed by atoms with Crippen molar-refractivity contribution >= 4 is 17.5 Å². The molecule has 0 bridgehead atoms. The van der Waals surface area contributed by atoms with Crippen LogP contribution in [-0.4, -0.2) is 72.5 Å². The average molecular weight is 404 g/mol. The molecular weight excluding hydrogens is 370 g/mol. The smallest absolute Gasteiger partial charge is 0.222 e. The monoisotopic (exact) mass is 403 g/mol. The summed E-state index contributed by atoms with van der Waals surface area (Å²) >= 11 is 0. The lowest BCUT2D eigenvalue weighted by atomic mass is 9.93. The van der Waals surface area contributed by atoms with Crippen molar-refractivity contribution in [2.24, 2.45) is 5.92 Å². The molecule has 1 atom stereocenters. The molecule has 3 fully saturated rings. The fourth-order valence-electron chi connectivity index (χ4n) is 4.67. The average Bonchev–Trinajstić information content (AvgIpc) is 3.21. The Bertz CT molecular complexity index is 685. The van der Waals surface area contributed by atoms with Crippen molar-refractivity contribution < 1.29 is 14.3 Å². The second-order valence-electron chi connectivity index (χ2n) is 8.27. The highest BCUT2D eigenvalue weighted by Crippen LogP contribution is 2.32. The minimum absolute atomic E-state index is 0.270. The number of carbonyl (C=O) groups excluding carboxylic acids is 1. The molecule has 1 spiro atoms. The van der Waals surface area contributed by atoms with Crippen LogP contribution < -0.4 is 10.2 Å². The number of likely N-dealkylation sites (tertiary alicyclic amines) is 1. The van der Waals surface area contributed by atoms with E-state index < -0.39 is 5.79 Å². The molecule has 29 heavy (non-hydrogen) atoms. The highest BCUT2D eigenvalue weighted by Gasteiger charge is 2.40. The van der Waals surface area contributed by atoms with E-state index in [2.05, 4.69) is 27.1 Å². The van der Waals surface area contributed by atoms with Gasteiger partial charge in [-0.3, -0.25) is 4.79 Å². The number of amides is 1. The molecule has 0 radical (unpaired) electrons. The van der Waals surface area contributed by atoms with Gasteiger partial charge >= 0.3 is 0 Å². The van der Waals surface area contributed by atoms with Gasteiger partial charge in [-0.2, -0.15) is 0 Å². The summed E-state index contributed by atoms with van der Waals surface area (Å²) in [6.07, 6.45) is 7.09. The van der Waals surface area contributed by atoms with E-state index >= 15 is 0 Å². The van der Waals surface area contributed by atoms with E-state index in [-0.39, 0.29) is 5.91 Å². The van der Waals surface area contributed by atoms with Gasteiger partial charge in [0.1, 0.15) is 18.0 Å². The molecule has 1 aromatic rings. The summed E-state index contributed by atoms with van der Waals surface area (Å²) < 4.78 is 11.5. The lowest BCUT2D eigenvalue weighted by Gasteiger charge is -2.38. The van der Waals surface area contributed by atoms with Crippen LogP contribution in [0.4, 0.5) is 11.6 Å². The fourth-order valence-corrected chi connectivity index (χ4v) is 4.67. The molecule has 3 aliphatic heterocycles. The lowest BCUT2D eigenvalue weighted by Crippen LogP contribution is -2.47. The molecule has 0 aliphatic carbocycles. The van der Waals surface area contributed by atoms with Gasteiger partial charge in [0.05, 0.1) is 13.2 Å². The van der Waals surface area contributed by atoms with Gasteiger partial charge in [0, 0.05) is 58.1 Å². The minimum Gasteiger partial charge on any atom is -0.370 e. The third kappa shape index (κ3) is 4.98. The number of hydrogen-bond donors (Lipinski definition) is 1. The minimum atomic E-state index is -0.413. The van der Waals surface area contributed by atoms with E-state index in [9.17, 15) is 4.79 Å². The summed E-state index contributed by atoms with van der Waals surface area (Å²) in [5.74, 6) is 2.23. The Morgan fingerprint density at radius 3 is 2.79 bits per heavy atom. The standard InChI is InChI=1S/C21H33N5O3/c1-2-22-18-14-19(24-16-23-18)26-9-3-4-17(15-26)5-6-20(27)25-10-7-21(8-11-25)28-12-13-29-21/h14,16-17H,2-13,15H2,1H3,(H,22,23,24). The zero-order valence-electron chi connectivity index (χ0n) is 17.4. The lowest BCUT2D eigenvalue weighted by molar-refractivity contribution is -0.187. The van der Waals surface area contributed by atoms with Gasteiger partial charge in [0.2, 0.25) is 5.91 Å². The van der Waals surface area contributed by atoms with Crippen LogP contribution in [0.1, 0.15) is 45.4 Å². The van der Waals surface area contributed by atoms with E-state index in [1.165, 1.54) is 6.42 Å². The zero-order valence-corrected chi connectivity index (χ0v) is 17.4.